The van der Waals surface area contributed by atoms with Gasteiger partial charge in [0.15, 0.2) is 0 Å². The lowest BCUT2D eigenvalue weighted by Crippen LogP contribution is -2.20. The van der Waals surface area contributed by atoms with E-state index in [1.54, 1.807) is 35.7 Å². The number of amides is 1. The maximum atomic E-state index is 12.4. The number of pyridine rings is 1. The Morgan fingerprint density at radius 3 is 2.96 bits per heavy atom. The summed E-state index contributed by atoms with van der Waals surface area (Å²) < 4.78 is 2.48. The second kappa shape index (κ2) is 6.81. The number of benzene rings is 1. The van der Waals surface area contributed by atoms with Crippen molar-refractivity contribution in [2.45, 2.75) is 6.92 Å². The van der Waals surface area contributed by atoms with Crippen LogP contribution in [0.25, 0.3) is 5.65 Å². The highest BCUT2D eigenvalue weighted by Crippen LogP contribution is 2.16. The van der Waals surface area contributed by atoms with Crippen LogP contribution in [0.15, 0.2) is 52.2 Å². The van der Waals surface area contributed by atoms with Gasteiger partial charge in [0.1, 0.15) is 11.3 Å². The number of carbonyl (C=O) groups excluding carboxylic acids is 1. The number of rotatable bonds is 4. The second-order valence-corrected chi connectivity index (χ2v) is 6.09. The Kier molecular flexibility index (Phi) is 4.57. The molecule has 3 rings (SSSR count). The third-order valence-electron chi connectivity index (χ3n) is 3.43. The van der Waals surface area contributed by atoms with Crippen LogP contribution in [0.3, 0.4) is 0 Å². The van der Waals surface area contributed by atoms with Crippen molar-refractivity contribution in [3.05, 3.63) is 74.1 Å². The fourth-order valence-corrected chi connectivity index (χ4v) is 2.68. The molecular formula is C16H12BrN5O3. The van der Waals surface area contributed by atoms with Crippen molar-refractivity contribution in [2.24, 2.45) is 5.10 Å². The minimum Gasteiger partial charge on any atom is -0.294 e. The number of hydrazone groups is 1. The summed E-state index contributed by atoms with van der Waals surface area (Å²) in [6.07, 6.45) is 3.09. The van der Waals surface area contributed by atoms with Crippen LogP contribution in [-0.4, -0.2) is 26.4 Å². The Bertz CT molecular complexity index is 1010. The fourth-order valence-electron chi connectivity index (χ4n) is 2.35. The Labute approximate surface area is 150 Å². The Morgan fingerprint density at radius 1 is 1.40 bits per heavy atom. The molecule has 0 saturated heterocycles. The van der Waals surface area contributed by atoms with Gasteiger partial charge >= 0.3 is 0 Å². The van der Waals surface area contributed by atoms with Crippen molar-refractivity contribution >= 4 is 39.4 Å². The predicted molar refractivity (Wildman–Crippen MR) is 95.8 cm³/mol. The second-order valence-electron chi connectivity index (χ2n) is 5.17. The van der Waals surface area contributed by atoms with E-state index in [0.717, 1.165) is 4.47 Å². The molecule has 2 heterocycles. The van der Waals surface area contributed by atoms with Gasteiger partial charge in [-0.15, -0.1) is 0 Å². The first-order valence-electron chi connectivity index (χ1n) is 7.18. The smallest absolute Gasteiger partial charge is 0.290 e. The van der Waals surface area contributed by atoms with Crippen LogP contribution < -0.4 is 5.43 Å². The van der Waals surface area contributed by atoms with Crippen LogP contribution in [0.5, 0.6) is 0 Å². The highest BCUT2D eigenvalue weighted by Gasteiger charge is 2.16. The van der Waals surface area contributed by atoms with E-state index in [4.69, 9.17) is 0 Å². The Morgan fingerprint density at radius 2 is 2.20 bits per heavy atom. The molecule has 3 aromatic rings. The van der Waals surface area contributed by atoms with Gasteiger partial charge in [0.25, 0.3) is 11.6 Å². The van der Waals surface area contributed by atoms with Crippen LogP contribution in [-0.2, 0) is 0 Å². The van der Waals surface area contributed by atoms with Crippen LogP contribution in [0.1, 0.15) is 21.7 Å². The van der Waals surface area contributed by atoms with E-state index < -0.39 is 10.8 Å². The summed E-state index contributed by atoms with van der Waals surface area (Å²) in [6, 6.07) is 9.58. The van der Waals surface area contributed by atoms with Gasteiger partial charge < -0.3 is 0 Å². The van der Waals surface area contributed by atoms with Crippen molar-refractivity contribution < 1.29 is 9.72 Å². The van der Waals surface area contributed by atoms with Gasteiger partial charge in [-0.1, -0.05) is 12.1 Å². The zero-order valence-electron chi connectivity index (χ0n) is 13.0. The van der Waals surface area contributed by atoms with Gasteiger partial charge in [0, 0.05) is 28.4 Å². The quantitative estimate of drug-likeness (QED) is 0.412. The van der Waals surface area contributed by atoms with E-state index in [2.05, 4.69) is 31.4 Å². The van der Waals surface area contributed by atoms with E-state index in [1.807, 2.05) is 6.07 Å². The summed E-state index contributed by atoms with van der Waals surface area (Å²) in [5.41, 5.74) is 4.47. The van der Waals surface area contributed by atoms with E-state index in [0.29, 0.717) is 22.6 Å². The predicted octanol–water partition coefficient (Wildman–Crippen LogP) is 3.08. The molecule has 0 atom stereocenters. The summed E-state index contributed by atoms with van der Waals surface area (Å²) in [6.45, 7) is 1.74. The average molecular weight is 402 g/mol. The molecule has 0 spiro atoms. The number of nitro groups is 1. The third kappa shape index (κ3) is 3.56. The molecular weight excluding hydrogens is 390 g/mol. The molecule has 0 aliphatic heterocycles. The monoisotopic (exact) mass is 401 g/mol. The molecule has 0 aliphatic rings. The molecule has 2 aromatic heterocycles. The SMILES string of the molecule is Cc1nc2ccc(Br)cn2c1C(=O)N/N=C\c1cccc([N+](=O)[O-])c1. The number of halogens is 1. The van der Waals surface area contributed by atoms with Crippen molar-refractivity contribution in [1.82, 2.24) is 14.8 Å². The first-order chi connectivity index (χ1) is 12.0. The zero-order chi connectivity index (χ0) is 18.0. The molecule has 8 nitrogen and oxygen atoms in total. The van der Waals surface area contributed by atoms with Crippen LogP contribution in [0.4, 0.5) is 5.69 Å². The number of hydrogen-bond donors (Lipinski definition) is 1. The number of hydrogen-bond acceptors (Lipinski definition) is 5. The average Bonchev–Trinajstić information content (AvgIpc) is 2.90. The summed E-state index contributed by atoms with van der Waals surface area (Å²) in [5, 5.41) is 14.6. The molecule has 126 valence electrons. The minimum absolute atomic E-state index is 0.0437. The standard InChI is InChI=1S/C16H12BrN5O3/c1-10-15(21-9-12(17)5-6-14(21)19-10)16(23)20-18-8-11-3-2-4-13(7-11)22(24)25/h2-9H,1H3,(H,20,23)/b18-8-. The highest BCUT2D eigenvalue weighted by molar-refractivity contribution is 9.10. The molecule has 1 aromatic carbocycles. The number of nitrogens with one attached hydrogen (secondary N) is 1. The lowest BCUT2D eigenvalue weighted by molar-refractivity contribution is -0.384. The van der Waals surface area contributed by atoms with Crippen LogP contribution in [0, 0.1) is 17.0 Å². The van der Waals surface area contributed by atoms with Gasteiger partial charge in [-0.25, -0.2) is 10.4 Å². The summed E-state index contributed by atoms with van der Waals surface area (Å²) >= 11 is 3.36. The third-order valence-corrected chi connectivity index (χ3v) is 3.90. The van der Waals surface area contributed by atoms with Crippen molar-refractivity contribution in [3.8, 4) is 0 Å². The first kappa shape index (κ1) is 16.8. The Balaban J connectivity index is 1.81. The van der Waals surface area contributed by atoms with E-state index in [9.17, 15) is 14.9 Å². The lowest BCUT2D eigenvalue weighted by atomic mass is 10.2. The summed E-state index contributed by atoms with van der Waals surface area (Å²) in [5.74, 6) is -0.426. The summed E-state index contributed by atoms with van der Waals surface area (Å²) in [7, 11) is 0. The fraction of sp³-hybridized carbons (Fsp3) is 0.0625. The lowest BCUT2D eigenvalue weighted by Gasteiger charge is -2.02. The van der Waals surface area contributed by atoms with Crippen LogP contribution in [0.2, 0.25) is 0 Å². The molecule has 0 saturated carbocycles. The van der Waals surface area contributed by atoms with Gasteiger partial charge in [0.05, 0.1) is 16.8 Å². The topological polar surface area (TPSA) is 102 Å². The highest BCUT2D eigenvalue weighted by atomic mass is 79.9. The van der Waals surface area contributed by atoms with Gasteiger partial charge in [-0.2, -0.15) is 5.10 Å². The normalized spacial score (nSPS) is 11.1. The van der Waals surface area contributed by atoms with E-state index >= 15 is 0 Å². The number of aromatic nitrogens is 2. The van der Waals surface area contributed by atoms with Crippen molar-refractivity contribution in [2.75, 3.05) is 0 Å². The van der Waals surface area contributed by atoms with E-state index in [1.165, 1.54) is 18.3 Å². The molecule has 25 heavy (non-hydrogen) atoms. The number of aryl methyl sites for hydroxylation is 1. The Hall–Kier alpha value is -3.07. The van der Waals surface area contributed by atoms with Crippen molar-refractivity contribution in [1.29, 1.82) is 0 Å². The van der Waals surface area contributed by atoms with E-state index in [-0.39, 0.29) is 5.69 Å². The molecule has 1 N–H and O–H groups in total. The number of non-ortho nitro benzene ring substituents is 1. The zero-order valence-corrected chi connectivity index (χ0v) is 14.6. The van der Waals surface area contributed by atoms with Gasteiger partial charge in [-0.3, -0.25) is 19.3 Å². The molecule has 0 radical (unpaired) electrons. The molecule has 0 unspecified atom stereocenters. The maximum absolute atomic E-state index is 12.4. The molecule has 0 fully saturated rings. The molecule has 0 aliphatic carbocycles. The molecule has 9 heteroatoms. The summed E-state index contributed by atoms with van der Waals surface area (Å²) in [4.78, 5) is 27.0. The number of nitro benzene ring substituents is 1. The maximum Gasteiger partial charge on any atom is 0.290 e. The number of fused-ring (bicyclic) bond motifs is 1. The number of imidazole rings is 1. The largest absolute Gasteiger partial charge is 0.294 e. The van der Waals surface area contributed by atoms with Crippen LogP contribution >= 0.6 is 15.9 Å². The number of nitrogens with zero attached hydrogens (tertiary/aromatic N) is 4. The minimum atomic E-state index is -0.491. The van der Waals surface area contributed by atoms with Gasteiger partial charge in [0.2, 0.25) is 0 Å². The first-order valence-corrected chi connectivity index (χ1v) is 7.97. The molecule has 1 amide bonds. The van der Waals surface area contributed by atoms with Gasteiger partial charge in [-0.05, 0) is 35.0 Å². The number of carbonyl (C=O) groups is 1. The van der Waals surface area contributed by atoms with Crippen molar-refractivity contribution in [3.63, 3.8) is 0 Å². The molecule has 0 bridgehead atoms.